The number of aliphatic imine (C=N–C) groups is 2. The number of unbranched alkanes of at least 4 members (excludes halogenated alkanes) is 1. The van der Waals surface area contributed by atoms with E-state index < -0.39 is 11.4 Å². The summed E-state index contributed by atoms with van der Waals surface area (Å²) in [4.78, 5) is 36.4. The second kappa shape index (κ2) is 17.1. The highest BCUT2D eigenvalue weighted by molar-refractivity contribution is 6.29. The quantitative estimate of drug-likeness (QED) is 0.0874. The highest BCUT2D eigenvalue weighted by atomic mass is 19.1. The van der Waals surface area contributed by atoms with Crippen LogP contribution in [0, 0.1) is 11.2 Å². The number of aryl methyl sites for hydroxylation is 1. The number of esters is 1. The SMILES string of the molecule is C\C=C(CC)/C(=N\C(=C/CCC)C(/C=C(\C)c1ccon1)=NCCCc1ccccc1F)C(C)(C(C)=O)C(=O)OCC. The summed E-state index contributed by atoms with van der Waals surface area (Å²) in [7, 11) is 0. The summed E-state index contributed by atoms with van der Waals surface area (Å²) in [5, 5.41) is 4.05. The minimum atomic E-state index is -1.61. The molecule has 2 rings (SSSR count). The summed E-state index contributed by atoms with van der Waals surface area (Å²) in [5.41, 5.74) is 2.68. The number of hydrogen-bond donors (Lipinski definition) is 0. The fourth-order valence-electron chi connectivity index (χ4n) is 4.37. The molecular formula is C34H44FN3O4. The Morgan fingerprint density at radius 3 is 2.45 bits per heavy atom. The number of hydrogen-bond acceptors (Lipinski definition) is 7. The van der Waals surface area contributed by atoms with Crippen LogP contribution in [-0.2, 0) is 20.7 Å². The number of halogens is 1. The van der Waals surface area contributed by atoms with Gasteiger partial charge in [-0.25, -0.2) is 9.38 Å². The minimum absolute atomic E-state index is 0.138. The smallest absolute Gasteiger partial charge is 0.325 e. The molecule has 1 aromatic heterocycles. The molecule has 1 aromatic carbocycles. The van der Waals surface area contributed by atoms with Crippen LogP contribution in [0.1, 0.15) is 85.4 Å². The van der Waals surface area contributed by atoms with Crippen LogP contribution in [0.3, 0.4) is 0 Å². The average Bonchev–Trinajstić information content (AvgIpc) is 3.52. The Bertz CT molecular complexity index is 1350. The molecule has 0 aliphatic heterocycles. The topological polar surface area (TPSA) is 94.1 Å². The lowest BCUT2D eigenvalue weighted by molar-refractivity contribution is -0.153. The standard InChI is InChI=1S/C34H44FN3O4/c1-8-12-19-30(37-32(26(9-2)10-3)34(7,25(6)39)33(40)41-11-4)31(23-24(5)29-20-22-42-38-29)36-21-15-17-27-16-13-14-18-28(27)35/h9,13-14,16,18-20,22-23H,8,10-12,15,17,21H2,1-7H3/b24-23+,26-9-,30-19-,36-31?,37-32+. The van der Waals surface area contributed by atoms with E-state index in [1.807, 2.05) is 45.1 Å². The van der Waals surface area contributed by atoms with Gasteiger partial charge < -0.3 is 9.26 Å². The van der Waals surface area contributed by atoms with Crippen molar-refractivity contribution in [3.8, 4) is 0 Å². The summed E-state index contributed by atoms with van der Waals surface area (Å²) < 4.78 is 24.6. The molecule has 0 saturated carbocycles. The van der Waals surface area contributed by atoms with E-state index in [-0.39, 0.29) is 18.2 Å². The molecule has 42 heavy (non-hydrogen) atoms. The molecule has 0 amide bonds. The average molecular weight is 578 g/mol. The fourth-order valence-corrected chi connectivity index (χ4v) is 4.37. The third kappa shape index (κ3) is 9.03. The lowest BCUT2D eigenvalue weighted by Crippen LogP contribution is -2.45. The molecule has 0 aliphatic carbocycles. The third-order valence-electron chi connectivity index (χ3n) is 7.06. The number of Topliss-reactive ketones (excluding diaryl/α,β-unsaturated/α-hetero) is 1. The Hall–Kier alpha value is -3.94. The van der Waals surface area contributed by atoms with Gasteiger partial charge in [0.15, 0.2) is 11.2 Å². The lowest BCUT2D eigenvalue weighted by Gasteiger charge is -2.28. The van der Waals surface area contributed by atoms with E-state index in [0.717, 1.165) is 17.6 Å². The predicted molar refractivity (Wildman–Crippen MR) is 167 cm³/mol. The van der Waals surface area contributed by atoms with Crippen LogP contribution in [-0.4, -0.2) is 41.5 Å². The summed E-state index contributed by atoms with van der Waals surface area (Å²) >= 11 is 0. The Kier molecular flexibility index (Phi) is 14.0. The molecule has 1 unspecified atom stereocenters. The van der Waals surface area contributed by atoms with E-state index in [2.05, 4.69) is 12.1 Å². The molecule has 0 saturated heterocycles. The molecule has 2 aromatic rings. The van der Waals surface area contributed by atoms with Crippen molar-refractivity contribution in [1.29, 1.82) is 0 Å². The highest BCUT2D eigenvalue weighted by Crippen LogP contribution is 2.30. The van der Waals surface area contributed by atoms with Crippen LogP contribution in [0.4, 0.5) is 4.39 Å². The van der Waals surface area contributed by atoms with E-state index in [4.69, 9.17) is 19.2 Å². The summed E-state index contributed by atoms with van der Waals surface area (Å²) in [6.45, 7) is 13.0. The first kappa shape index (κ1) is 34.3. The van der Waals surface area contributed by atoms with Crippen LogP contribution in [0.25, 0.3) is 5.57 Å². The second-order valence-corrected chi connectivity index (χ2v) is 10.1. The number of ketones is 1. The normalized spacial score (nSPS) is 15.0. The number of ether oxygens (including phenoxy) is 1. The van der Waals surface area contributed by atoms with E-state index >= 15 is 0 Å². The summed E-state index contributed by atoms with van der Waals surface area (Å²) in [6, 6.07) is 8.49. The molecular weight excluding hydrogens is 533 g/mol. The van der Waals surface area contributed by atoms with Crippen LogP contribution in [0.2, 0.25) is 0 Å². The van der Waals surface area contributed by atoms with Crippen molar-refractivity contribution in [3.05, 3.63) is 83.2 Å². The summed E-state index contributed by atoms with van der Waals surface area (Å²) in [5.74, 6) is -1.24. The first-order valence-corrected chi connectivity index (χ1v) is 14.6. The fraction of sp³-hybridized carbons (Fsp3) is 0.441. The predicted octanol–water partition coefficient (Wildman–Crippen LogP) is 7.93. The first-order chi connectivity index (χ1) is 20.1. The van der Waals surface area contributed by atoms with Gasteiger partial charge in [-0.1, -0.05) is 55.8 Å². The van der Waals surface area contributed by atoms with Crippen LogP contribution < -0.4 is 0 Å². The minimum Gasteiger partial charge on any atom is -0.465 e. The molecule has 1 atom stereocenters. The number of carbonyl (C=O) groups is 2. The van der Waals surface area contributed by atoms with Gasteiger partial charge in [0.1, 0.15) is 17.8 Å². The van der Waals surface area contributed by atoms with E-state index in [9.17, 15) is 14.0 Å². The monoisotopic (exact) mass is 577 g/mol. The maximum Gasteiger partial charge on any atom is 0.325 e. The second-order valence-electron chi connectivity index (χ2n) is 10.1. The first-order valence-electron chi connectivity index (χ1n) is 14.6. The Labute approximate surface area is 249 Å². The maximum atomic E-state index is 14.2. The van der Waals surface area contributed by atoms with Crippen LogP contribution in [0.5, 0.6) is 0 Å². The zero-order chi connectivity index (χ0) is 31.1. The summed E-state index contributed by atoms with van der Waals surface area (Å²) in [6.07, 6.45) is 10.5. The van der Waals surface area contributed by atoms with Gasteiger partial charge in [-0.2, -0.15) is 0 Å². The van der Waals surface area contributed by atoms with Crippen molar-refractivity contribution in [2.24, 2.45) is 15.4 Å². The molecule has 0 fully saturated rings. The molecule has 1 heterocycles. The van der Waals surface area contributed by atoms with Gasteiger partial charge in [-0.3, -0.25) is 14.6 Å². The Balaban J connectivity index is 2.72. The van der Waals surface area contributed by atoms with Crippen molar-refractivity contribution in [2.45, 2.75) is 80.6 Å². The van der Waals surface area contributed by atoms with Crippen molar-refractivity contribution in [1.82, 2.24) is 5.16 Å². The lowest BCUT2D eigenvalue weighted by atomic mass is 9.77. The van der Waals surface area contributed by atoms with Gasteiger partial charge >= 0.3 is 5.97 Å². The maximum absolute atomic E-state index is 14.2. The van der Waals surface area contributed by atoms with Crippen LogP contribution >= 0.6 is 0 Å². The van der Waals surface area contributed by atoms with E-state index in [0.29, 0.717) is 60.6 Å². The number of nitrogens with zero attached hydrogens (tertiary/aromatic N) is 3. The van der Waals surface area contributed by atoms with Crippen molar-refractivity contribution < 1.29 is 23.2 Å². The molecule has 226 valence electrons. The number of carbonyl (C=O) groups excluding carboxylic acids is 2. The van der Waals surface area contributed by atoms with E-state index in [1.165, 1.54) is 19.3 Å². The Morgan fingerprint density at radius 1 is 1.14 bits per heavy atom. The molecule has 8 heteroatoms. The zero-order valence-electron chi connectivity index (χ0n) is 26.0. The van der Waals surface area contributed by atoms with Gasteiger partial charge in [0.2, 0.25) is 0 Å². The number of benzene rings is 1. The molecule has 0 spiro atoms. The van der Waals surface area contributed by atoms with Gasteiger partial charge in [0.05, 0.1) is 23.7 Å². The molecule has 0 N–H and O–H groups in total. The molecule has 0 radical (unpaired) electrons. The van der Waals surface area contributed by atoms with Gasteiger partial charge in [-0.05, 0) is 89.2 Å². The van der Waals surface area contributed by atoms with Crippen molar-refractivity contribution >= 4 is 28.7 Å². The molecule has 0 bridgehead atoms. The van der Waals surface area contributed by atoms with Gasteiger partial charge in [-0.15, -0.1) is 0 Å². The largest absolute Gasteiger partial charge is 0.465 e. The number of allylic oxidation sites excluding steroid dienone is 5. The Morgan fingerprint density at radius 2 is 1.88 bits per heavy atom. The van der Waals surface area contributed by atoms with Crippen LogP contribution in [0.15, 0.2) is 80.6 Å². The van der Waals surface area contributed by atoms with Gasteiger partial charge in [0.25, 0.3) is 0 Å². The van der Waals surface area contributed by atoms with Crippen molar-refractivity contribution in [3.63, 3.8) is 0 Å². The number of aromatic nitrogens is 1. The van der Waals surface area contributed by atoms with Crippen molar-refractivity contribution in [2.75, 3.05) is 13.2 Å². The third-order valence-corrected chi connectivity index (χ3v) is 7.06. The molecule has 0 aliphatic rings. The zero-order valence-corrected chi connectivity index (χ0v) is 26.0. The molecule has 7 nitrogen and oxygen atoms in total. The number of rotatable bonds is 16. The highest BCUT2D eigenvalue weighted by Gasteiger charge is 2.46. The van der Waals surface area contributed by atoms with Gasteiger partial charge in [0, 0.05) is 12.6 Å². The van der Waals surface area contributed by atoms with E-state index in [1.54, 1.807) is 32.0 Å².